The second-order valence-corrected chi connectivity index (χ2v) is 3.01. The molecule has 0 aromatic heterocycles. The largest absolute Gasteiger partial charge is 0.351 e. The maximum absolute atomic E-state index is 10.7. The van der Waals surface area contributed by atoms with Crippen LogP contribution < -0.4 is 11.1 Å². The smallest absolute Gasteiger partial charge is 0.316 e. The number of urea groups is 1. The summed E-state index contributed by atoms with van der Waals surface area (Å²) >= 11 is 0. The highest BCUT2D eigenvalue weighted by Crippen LogP contribution is 2.14. The van der Waals surface area contributed by atoms with Crippen LogP contribution in [0.3, 0.4) is 0 Å². The van der Waals surface area contributed by atoms with Gasteiger partial charge in [0.1, 0.15) is 0 Å². The molecule has 78 valence electrons. The summed E-state index contributed by atoms with van der Waals surface area (Å²) < 4.78 is 0. The first-order valence-corrected chi connectivity index (χ1v) is 4.43. The minimum Gasteiger partial charge on any atom is -0.351 e. The van der Waals surface area contributed by atoms with Gasteiger partial charge in [-0.05, 0) is 18.1 Å². The van der Waals surface area contributed by atoms with Gasteiger partial charge in [0.05, 0.1) is 5.70 Å². The van der Waals surface area contributed by atoms with E-state index in [0.29, 0.717) is 11.9 Å². The van der Waals surface area contributed by atoms with E-state index in [4.69, 9.17) is 5.73 Å². The second-order valence-electron chi connectivity index (χ2n) is 3.01. The number of primary amides is 1. The summed E-state index contributed by atoms with van der Waals surface area (Å²) in [6, 6.07) is 8.53. The van der Waals surface area contributed by atoms with E-state index < -0.39 is 6.03 Å². The van der Waals surface area contributed by atoms with E-state index in [1.807, 2.05) is 30.3 Å². The maximum atomic E-state index is 10.7. The number of carbonyl (C=O) groups excluding carboxylic acids is 2. The van der Waals surface area contributed by atoms with Gasteiger partial charge in [-0.2, -0.15) is 0 Å². The van der Waals surface area contributed by atoms with E-state index in [1.54, 1.807) is 6.92 Å². The monoisotopic (exact) mass is 204 g/mol. The van der Waals surface area contributed by atoms with Crippen LogP contribution in [0.25, 0.3) is 5.57 Å². The molecular formula is C11H12N2O2. The van der Waals surface area contributed by atoms with Crippen LogP contribution in [0.15, 0.2) is 36.0 Å². The fourth-order valence-corrected chi connectivity index (χ4v) is 1.19. The molecule has 0 atom stereocenters. The van der Waals surface area contributed by atoms with Crippen LogP contribution in [0.5, 0.6) is 0 Å². The quantitative estimate of drug-likeness (QED) is 0.575. The van der Waals surface area contributed by atoms with Gasteiger partial charge in [-0.1, -0.05) is 30.3 Å². The molecule has 0 heterocycles. The zero-order chi connectivity index (χ0) is 11.3. The van der Waals surface area contributed by atoms with E-state index >= 15 is 0 Å². The van der Waals surface area contributed by atoms with Gasteiger partial charge in [-0.15, -0.1) is 0 Å². The van der Waals surface area contributed by atoms with Crippen LogP contribution in [-0.4, -0.2) is 12.3 Å². The van der Waals surface area contributed by atoms with Gasteiger partial charge in [-0.3, -0.25) is 4.79 Å². The number of hydrogen-bond donors (Lipinski definition) is 2. The average molecular weight is 204 g/mol. The Morgan fingerprint density at radius 3 is 2.40 bits per heavy atom. The van der Waals surface area contributed by atoms with E-state index in [9.17, 15) is 9.59 Å². The van der Waals surface area contributed by atoms with Crippen molar-refractivity contribution in [1.29, 1.82) is 0 Å². The lowest BCUT2D eigenvalue weighted by Gasteiger charge is -2.06. The first-order valence-electron chi connectivity index (χ1n) is 4.43. The third kappa shape index (κ3) is 2.95. The van der Waals surface area contributed by atoms with Gasteiger partial charge in [0.15, 0.2) is 6.29 Å². The summed E-state index contributed by atoms with van der Waals surface area (Å²) in [5.41, 5.74) is 6.68. The zero-order valence-electron chi connectivity index (χ0n) is 8.36. The van der Waals surface area contributed by atoms with Gasteiger partial charge in [0, 0.05) is 0 Å². The number of nitrogens with one attached hydrogen (secondary N) is 1. The molecular weight excluding hydrogens is 192 g/mol. The molecule has 3 N–H and O–H groups in total. The van der Waals surface area contributed by atoms with Crippen LogP contribution in [0.1, 0.15) is 12.5 Å². The predicted molar refractivity (Wildman–Crippen MR) is 57.8 cm³/mol. The number of nitrogens with two attached hydrogens (primary N) is 1. The van der Waals surface area contributed by atoms with Crippen molar-refractivity contribution < 1.29 is 9.59 Å². The Balaban J connectivity index is 3.06. The van der Waals surface area contributed by atoms with Crippen LogP contribution in [0.2, 0.25) is 0 Å². The van der Waals surface area contributed by atoms with Gasteiger partial charge < -0.3 is 11.1 Å². The summed E-state index contributed by atoms with van der Waals surface area (Å²) in [5.74, 6) is 0. The predicted octanol–water partition coefficient (Wildman–Crippen LogP) is 1.28. The molecule has 15 heavy (non-hydrogen) atoms. The van der Waals surface area contributed by atoms with Crippen molar-refractivity contribution in [2.45, 2.75) is 6.92 Å². The summed E-state index contributed by atoms with van der Waals surface area (Å²) in [6.07, 6.45) is 0.576. The van der Waals surface area contributed by atoms with Gasteiger partial charge >= 0.3 is 6.03 Å². The first kappa shape index (κ1) is 11.0. The van der Waals surface area contributed by atoms with Crippen LogP contribution in [0.4, 0.5) is 4.79 Å². The highest BCUT2D eigenvalue weighted by molar-refractivity contribution is 5.92. The Kier molecular flexibility index (Phi) is 3.62. The lowest BCUT2D eigenvalue weighted by Crippen LogP contribution is -2.29. The third-order valence-electron chi connectivity index (χ3n) is 1.99. The lowest BCUT2D eigenvalue weighted by atomic mass is 10.1. The standard InChI is InChI=1S/C11H12N2O2/c1-8(9-5-3-2-4-6-9)10(7-14)13-11(12)15/h2-7H,1H3,(H3,12,13,15). The number of hydrogen-bond acceptors (Lipinski definition) is 2. The van der Waals surface area contributed by atoms with Crippen molar-refractivity contribution >= 4 is 17.9 Å². The van der Waals surface area contributed by atoms with Crippen LogP contribution >= 0.6 is 0 Å². The van der Waals surface area contributed by atoms with Crippen molar-refractivity contribution in [3.8, 4) is 0 Å². The normalized spacial score (nSPS) is 11.5. The molecule has 4 heteroatoms. The van der Waals surface area contributed by atoms with Crippen LogP contribution in [0, 0.1) is 0 Å². The Morgan fingerprint density at radius 1 is 1.33 bits per heavy atom. The zero-order valence-corrected chi connectivity index (χ0v) is 8.36. The maximum Gasteiger partial charge on any atom is 0.316 e. The average Bonchev–Trinajstić information content (AvgIpc) is 2.26. The lowest BCUT2D eigenvalue weighted by molar-refractivity contribution is -0.105. The number of rotatable bonds is 3. The second kappa shape index (κ2) is 4.95. The summed E-state index contributed by atoms with van der Waals surface area (Å²) in [5, 5.41) is 2.28. The Morgan fingerprint density at radius 2 is 1.93 bits per heavy atom. The Bertz CT molecular complexity index is 396. The molecule has 0 aliphatic carbocycles. The summed E-state index contributed by atoms with van der Waals surface area (Å²) in [7, 11) is 0. The van der Waals surface area contributed by atoms with Crippen molar-refractivity contribution in [2.24, 2.45) is 5.73 Å². The highest BCUT2D eigenvalue weighted by atomic mass is 16.2. The van der Waals surface area contributed by atoms with E-state index in [-0.39, 0.29) is 5.70 Å². The molecule has 1 aromatic carbocycles. The van der Waals surface area contributed by atoms with E-state index in [0.717, 1.165) is 5.56 Å². The minimum absolute atomic E-state index is 0.189. The van der Waals surface area contributed by atoms with Crippen molar-refractivity contribution in [2.75, 3.05) is 0 Å². The fourth-order valence-electron chi connectivity index (χ4n) is 1.19. The van der Waals surface area contributed by atoms with E-state index in [1.165, 1.54) is 0 Å². The molecule has 0 aliphatic rings. The summed E-state index contributed by atoms with van der Waals surface area (Å²) in [6.45, 7) is 1.75. The third-order valence-corrected chi connectivity index (χ3v) is 1.99. The molecule has 1 rings (SSSR count). The Labute approximate surface area is 87.8 Å². The van der Waals surface area contributed by atoms with E-state index in [2.05, 4.69) is 5.32 Å². The van der Waals surface area contributed by atoms with Crippen molar-refractivity contribution in [3.63, 3.8) is 0 Å². The van der Waals surface area contributed by atoms with Crippen molar-refractivity contribution in [3.05, 3.63) is 41.6 Å². The van der Waals surface area contributed by atoms with Gasteiger partial charge in [0.2, 0.25) is 0 Å². The highest BCUT2D eigenvalue weighted by Gasteiger charge is 2.05. The molecule has 0 spiro atoms. The van der Waals surface area contributed by atoms with Crippen molar-refractivity contribution in [1.82, 2.24) is 5.32 Å². The topological polar surface area (TPSA) is 72.2 Å². The fraction of sp³-hybridized carbons (Fsp3) is 0.0909. The molecule has 0 saturated carbocycles. The molecule has 0 radical (unpaired) electrons. The Hall–Kier alpha value is -2.10. The van der Waals surface area contributed by atoms with Gasteiger partial charge in [-0.25, -0.2) is 4.79 Å². The molecule has 4 nitrogen and oxygen atoms in total. The molecule has 0 unspecified atom stereocenters. The molecule has 0 saturated heterocycles. The summed E-state index contributed by atoms with van der Waals surface area (Å²) in [4.78, 5) is 21.3. The molecule has 0 bridgehead atoms. The molecule has 2 amide bonds. The number of amides is 2. The molecule has 0 aliphatic heterocycles. The number of benzene rings is 1. The number of allylic oxidation sites excluding steroid dienone is 2. The van der Waals surface area contributed by atoms with Crippen LogP contribution in [-0.2, 0) is 4.79 Å². The minimum atomic E-state index is -0.743. The molecule has 0 fully saturated rings. The van der Waals surface area contributed by atoms with Gasteiger partial charge in [0.25, 0.3) is 0 Å². The number of carbonyl (C=O) groups is 2. The number of aldehydes is 1. The SMILES string of the molecule is CC(=C(C=O)NC(N)=O)c1ccccc1. The molecule has 1 aromatic rings. The first-order chi connectivity index (χ1) is 7.15.